The molecule has 0 aromatic heterocycles. The molecule has 5 nitrogen and oxygen atoms in total. The lowest BCUT2D eigenvalue weighted by atomic mass is 9.97. The lowest BCUT2D eigenvalue weighted by Crippen LogP contribution is -2.41. The minimum absolute atomic E-state index is 0.00678. The van der Waals surface area contributed by atoms with Gasteiger partial charge in [0, 0.05) is 24.7 Å². The predicted octanol–water partition coefficient (Wildman–Crippen LogP) is 5.32. The van der Waals surface area contributed by atoms with Crippen molar-refractivity contribution < 1.29 is 26.4 Å². The number of aryl methyl sites for hydroxylation is 3. The van der Waals surface area contributed by atoms with E-state index in [4.69, 9.17) is 11.6 Å². The maximum atomic E-state index is 13.2. The summed E-state index contributed by atoms with van der Waals surface area (Å²) in [6.45, 7) is 5.73. The molecule has 2 aromatic rings. The van der Waals surface area contributed by atoms with E-state index in [-0.39, 0.29) is 36.5 Å². The Morgan fingerprint density at radius 2 is 1.62 bits per heavy atom. The Morgan fingerprint density at radius 1 is 1.06 bits per heavy atom. The van der Waals surface area contributed by atoms with Crippen LogP contribution >= 0.6 is 11.6 Å². The maximum absolute atomic E-state index is 13.2. The monoisotopic (exact) mass is 488 g/mol. The van der Waals surface area contributed by atoms with E-state index in [1.165, 1.54) is 10.4 Å². The van der Waals surface area contributed by atoms with Gasteiger partial charge in [-0.15, -0.1) is 0 Å². The van der Waals surface area contributed by atoms with Gasteiger partial charge in [-0.3, -0.25) is 4.79 Å². The number of carbonyl (C=O) groups excluding carboxylic acids is 1. The van der Waals surface area contributed by atoms with Gasteiger partial charge in [0.1, 0.15) is 0 Å². The Balaban J connectivity index is 1.69. The third kappa shape index (κ3) is 5.10. The summed E-state index contributed by atoms with van der Waals surface area (Å²) in [5, 5.41) is 2.05. The van der Waals surface area contributed by atoms with Crippen molar-refractivity contribution in [2.24, 2.45) is 5.92 Å². The van der Waals surface area contributed by atoms with Crippen LogP contribution in [0, 0.1) is 26.7 Å². The van der Waals surface area contributed by atoms with Crippen molar-refractivity contribution in [1.82, 2.24) is 4.31 Å². The van der Waals surface area contributed by atoms with Gasteiger partial charge in [0.15, 0.2) is 0 Å². The van der Waals surface area contributed by atoms with Crippen LogP contribution in [0.4, 0.5) is 18.9 Å². The fourth-order valence-electron chi connectivity index (χ4n) is 4.13. The van der Waals surface area contributed by atoms with E-state index >= 15 is 0 Å². The third-order valence-electron chi connectivity index (χ3n) is 5.57. The summed E-state index contributed by atoms with van der Waals surface area (Å²) < 4.78 is 66.8. The molecule has 2 aromatic carbocycles. The first kappa shape index (κ1) is 24.5. The topological polar surface area (TPSA) is 66.5 Å². The van der Waals surface area contributed by atoms with Crippen molar-refractivity contribution in [3.05, 3.63) is 57.6 Å². The fourth-order valence-corrected chi connectivity index (χ4v) is 6.23. The molecule has 1 heterocycles. The molecule has 3 rings (SSSR count). The molecule has 1 aliphatic rings. The number of anilines is 1. The van der Waals surface area contributed by atoms with Gasteiger partial charge in [-0.25, -0.2) is 8.42 Å². The summed E-state index contributed by atoms with van der Waals surface area (Å²) in [6, 6.07) is 6.82. The summed E-state index contributed by atoms with van der Waals surface area (Å²) in [4.78, 5) is 12.9. The molecule has 0 bridgehead atoms. The standard InChI is InChI=1S/C22H24ClF3N2O3S/c1-13-10-14(2)20(15(3)11-13)32(30,31)28-8-6-16(7-9-28)21(29)27-17-4-5-19(23)18(12-17)22(24,25)26/h4-5,10-12,16H,6-9H2,1-3H3,(H,27,29). The first-order valence-corrected chi connectivity index (χ1v) is 11.9. The van der Waals surface area contributed by atoms with E-state index < -0.39 is 38.6 Å². The zero-order valence-electron chi connectivity index (χ0n) is 17.9. The number of nitrogens with one attached hydrogen (secondary N) is 1. The summed E-state index contributed by atoms with van der Waals surface area (Å²) in [5.74, 6) is -0.952. The number of piperidine rings is 1. The Morgan fingerprint density at radius 3 is 2.16 bits per heavy atom. The smallest absolute Gasteiger partial charge is 0.326 e. The predicted molar refractivity (Wildman–Crippen MR) is 117 cm³/mol. The van der Waals surface area contributed by atoms with Crippen molar-refractivity contribution >= 4 is 33.2 Å². The van der Waals surface area contributed by atoms with Crippen LogP contribution in [0.5, 0.6) is 0 Å². The number of halogens is 4. The average Bonchev–Trinajstić information content (AvgIpc) is 2.67. The van der Waals surface area contributed by atoms with Crippen LogP contribution in [0.2, 0.25) is 5.02 Å². The molecule has 1 aliphatic heterocycles. The maximum Gasteiger partial charge on any atom is 0.417 e. The number of benzene rings is 2. The quantitative estimate of drug-likeness (QED) is 0.633. The molecule has 1 amide bonds. The molecule has 1 saturated heterocycles. The Bertz CT molecular complexity index is 1120. The van der Waals surface area contributed by atoms with Crippen molar-refractivity contribution in [2.75, 3.05) is 18.4 Å². The van der Waals surface area contributed by atoms with E-state index in [1.54, 1.807) is 13.8 Å². The van der Waals surface area contributed by atoms with Crippen molar-refractivity contribution in [3.63, 3.8) is 0 Å². The zero-order chi connectivity index (χ0) is 23.8. The molecule has 32 heavy (non-hydrogen) atoms. The SMILES string of the molecule is Cc1cc(C)c(S(=O)(=O)N2CCC(C(=O)Nc3ccc(Cl)c(C(F)(F)F)c3)CC2)c(C)c1. The van der Waals surface area contributed by atoms with Gasteiger partial charge in [-0.2, -0.15) is 17.5 Å². The molecular formula is C22H24ClF3N2O3S. The Labute approximate surface area is 190 Å². The summed E-state index contributed by atoms with van der Waals surface area (Å²) >= 11 is 5.61. The van der Waals surface area contributed by atoms with Crippen LogP contribution in [0.3, 0.4) is 0 Å². The average molecular weight is 489 g/mol. The second-order valence-electron chi connectivity index (χ2n) is 8.09. The number of alkyl halides is 3. The lowest BCUT2D eigenvalue weighted by molar-refractivity contribution is -0.137. The van der Waals surface area contributed by atoms with Crippen LogP contribution in [0.25, 0.3) is 0 Å². The number of hydrogen-bond donors (Lipinski definition) is 1. The molecule has 0 radical (unpaired) electrons. The summed E-state index contributed by atoms with van der Waals surface area (Å²) in [6.07, 6.45) is -4.09. The van der Waals surface area contributed by atoms with Crippen LogP contribution in [0.1, 0.15) is 35.1 Å². The first-order chi connectivity index (χ1) is 14.8. The summed E-state index contributed by atoms with van der Waals surface area (Å²) in [7, 11) is -3.71. The summed E-state index contributed by atoms with van der Waals surface area (Å²) in [5.41, 5.74) is 1.29. The second kappa shape index (κ2) is 9.03. The van der Waals surface area contributed by atoms with E-state index in [2.05, 4.69) is 5.32 Å². The number of sulfonamides is 1. The van der Waals surface area contributed by atoms with Gasteiger partial charge in [0.05, 0.1) is 15.5 Å². The molecule has 0 unspecified atom stereocenters. The van der Waals surface area contributed by atoms with E-state index in [9.17, 15) is 26.4 Å². The van der Waals surface area contributed by atoms with Crippen molar-refractivity contribution in [1.29, 1.82) is 0 Å². The van der Waals surface area contributed by atoms with Crippen LogP contribution < -0.4 is 5.32 Å². The third-order valence-corrected chi connectivity index (χ3v) is 8.10. The molecule has 0 spiro atoms. The number of rotatable bonds is 4. The van der Waals surface area contributed by atoms with E-state index in [0.29, 0.717) is 11.1 Å². The van der Waals surface area contributed by atoms with Gasteiger partial charge in [-0.05, 0) is 62.9 Å². The van der Waals surface area contributed by atoms with Gasteiger partial charge < -0.3 is 5.32 Å². The largest absolute Gasteiger partial charge is 0.417 e. The highest BCUT2D eigenvalue weighted by Gasteiger charge is 2.35. The molecule has 1 N–H and O–H groups in total. The molecule has 174 valence electrons. The van der Waals surface area contributed by atoms with Crippen LogP contribution in [0.15, 0.2) is 35.2 Å². The van der Waals surface area contributed by atoms with Crippen LogP contribution in [-0.2, 0) is 21.0 Å². The highest BCUT2D eigenvalue weighted by Crippen LogP contribution is 2.36. The molecular weight excluding hydrogens is 465 g/mol. The van der Waals surface area contributed by atoms with Crippen LogP contribution in [-0.4, -0.2) is 31.7 Å². The molecule has 1 fully saturated rings. The van der Waals surface area contributed by atoms with Crippen molar-refractivity contribution in [3.8, 4) is 0 Å². The van der Waals surface area contributed by atoms with E-state index in [1.807, 2.05) is 19.1 Å². The first-order valence-electron chi connectivity index (χ1n) is 10.1. The molecule has 0 atom stereocenters. The zero-order valence-corrected chi connectivity index (χ0v) is 19.5. The number of carbonyl (C=O) groups is 1. The minimum Gasteiger partial charge on any atom is -0.326 e. The van der Waals surface area contributed by atoms with Gasteiger partial charge in [0.25, 0.3) is 0 Å². The van der Waals surface area contributed by atoms with Gasteiger partial charge >= 0.3 is 6.18 Å². The Hall–Kier alpha value is -2.10. The number of nitrogens with zero attached hydrogens (tertiary/aromatic N) is 1. The number of hydrogen-bond acceptors (Lipinski definition) is 3. The van der Waals surface area contributed by atoms with Gasteiger partial charge in [-0.1, -0.05) is 29.3 Å². The fraction of sp³-hybridized carbons (Fsp3) is 0.409. The second-order valence-corrected chi connectivity index (χ2v) is 10.4. The Kier molecular flexibility index (Phi) is 6.93. The minimum atomic E-state index is -4.64. The molecule has 0 saturated carbocycles. The lowest BCUT2D eigenvalue weighted by Gasteiger charge is -2.31. The highest BCUT2D eigenvalue weighted by atomic mass is 35.5. The van der Waals surface area contributed by atoms with E-state index in [0.717, 1.165) is 17.7 Å². The highest BCUT2D eigenvalue weighted by molar-refractivity contribution is 7.89. The van der Waals surface area contributed by atoms with Gasteiger partial charge in [0.2, 0.25) is 15.9 Å². The van der Waals surface area contributed by atoms with Crippen molar-refractivity contribution in [2.45, 2.75) is 44.7 Å². The molecule has 0 aliphatic carbocycles. The molecule has 10 heteroatoms. The number of amides is 1. The normalized spacial score (nSPS) is 16.2.